The first-order chi connectivity index (χ1) is 14.6. The molecule has 1 aromatic carbocycles. The second-order valence-electron chi connectivity index (χ2n) is 9.37. The van der Waals surface area contributed by atoms with E-state index >= 15 is 0 Å². The van der Waals surface area contributed by atoms with Gasteiger partial charge >= 0.3 is 12.1 Å². The minimum absolute atomic E-state index is 0.267. The summed E-state index contributed by atoms with van der Waals surface area (Å²) >= 11 is 0. The zero-order chi connectivity index (χ0) is 22.6. The van der Waals surface area contributed by atoms with Gasteiger partial charge in [0.15, 0.2) is 5.60 Å². The molecule has 0 radical (unpaired) electrons. The van der Waals surface area contributed by atoms with E-state index in [-0.39, 0.29) is 12.0 Å². The molecule has 8 nitrogen and oxygen atoms in total. The number of piperazine rings is 1. The maximum Gasteiger partial charge on any atom is 0.410 e. The number of nitrogens with zero attached hydrogens (tertiary/aromatic N) is 2. The number of hydrogen-bond donors (Lipinski definition) is 1. The second-order valence-corrected chi connectivity index (χ2v) is 9.37. The Morgan fingerprint density at radius 2 is 1.84 bits per heavy atom. The first-order valence-electron chi connectivity index (χ1n) is 10.9. The van der Waals surface area contributed by atoms with Crippen molar-refractivity contribution in [2.45, 2.75) is 51.7 Å². The summed E-state index contributed by atoms with van der Waals surface area (Å²) in [6.07, 6.45) is 0.878. The van der Waals surface area contributed by atoms with E-state index in [0.29, 0.717) is 31.6 Å². The van der Waals surface area contributed by atoms with Crippen LogP contribution in [-0.2, 0) is 20.7 Å². The van der Waals surface area contributed by atoms with Gasteiger partial charge in [0.25, 0.3) is 5.91 Å². The summed E-state index contributed by atoms with van der Waals surface area (Å²) in [5.41, 5.74) is -0.319. The molecule has 1 N–H and O–H groups in total. The largest absolute Gasteiger partial charge is 0.445 e. The Kier molecular flexibility index (Phi) is 6.89. The number of rotatable bonds is 5. The van der Waals surface area contributed by atoms with Crippen LogP contribution in [0.1, 0.15) is 50.0 Å². The molecule has 170 valence electrons. The molecule has 1 atom stereocenters. The molecule has 0 aliphatic carbocycles. The number of fused-ring (bicyclic) bond motifs is 1. The van der Waals surface area contributed by atoms with E-state index in [0.717, 1.165) is 31.6 Å². The zero-order valence-corrected chi connectivity index (χ0v) is 18.9. The zero-order valence-electron chi connectivity index (χ0n) is 18.9. The Morgan fingerprint density at radius 3 is 2.52 bits per heavy atom. The highest BCUT2D eigenvalue weighted by molar-refractivity contribution is 5.97. The SMILES string of the molecule is CC(C)(C)OC(=O)N1CCN(CCCNC(=O)C2(C)Cc3ccccc3C(=O)O2)CC1. The Hall–Kier alpha value is -2.61. The maximum absolute atomic E-state index is 12.7. The average Bonchev–Trinajstić information content (AvgIpc) is 2.70. The lowest BCUT2D eigenvalue weighted by Gasteiger charge is -2.35. The van der Waals surface area contributed by atoms with Crippen LogP contribution in [0.15, 0.2) is 24.3 Å². The highest BCUT2D eigenvalue weighted by atomic mass is 16.6. The van der Waals surface area contributed by atoms with Crippen LogP contribution in [0.2, 0.25) is 0 Å². The molecule has 2 amide bonds. The fourth-order valence-electron chi connectivity index (χ4n) is 3.83. The molecule has 2 aliphatic heterocycles. The predicted molar refractivity (Wildman–Crippen MR) is 116 cm³/mol. The molecule has 0 saturated carbocycles. The number of esters is 1. The van der Waals surface area contributed by atoms with Crippen molar-refractivity contribution in [2.24, 2.45) is 0 Å². The molecule has 1 unspecified atom stereocenters. The Balaban J connectivity index is 1.38. The van der Waals surface area contributed by atoms with Crippen LogP contribution >= 0.6 is 0 Å². The summed E-state index contributed by atoms with van der Waals surface area (Å²) in [7, 11) is 0. The summed E-state index contributed by atoms with van der Waals surface area (Å²) in [4.78, 5) is 41.1. The third kappa shape index (κ3) is 5.97. The number of ether oxygens (including phenoxy) is 2. The highest BCUT2D eigenvalue weighted by Gasteiger charge is 2.42. The molecule has 1 saturated heterocycles. The van der Waals surface area contributed by atoms with Gasteiger partial charge in [0, 0.05) is 39.1 Å². The van der Waals surface area contributed by atoms with Crippen LogP contribution in [0.25, 0.3) is 0 Å². The molecule has 1 fully saturated rings. The smallest absolute Gasteiger partial charge is 0.410 e. The molecule has 1 aromatic rings. The van der Waals surface area contributed by atoms with Crippen molar-refractivity contribution in [3.8, 4) is 0 Å². The van der Waals surface area contributed by atoms with Crippen LogP contribution in [0.3, 0.4) is 0 Å². The standard InChI is InChI=1S/C23H33N3O5/c1-22(2,3)31-21(29)26-14-12-25(13-15-26)11-7-10-24-20(28)23(4)16-17-8-5-6-9-18(17)19(27)30-23/h5-6,8-9H,7,10-16H2,1-4H3,(H,24,28). The molecular formula is C23H33N3O5. The number of nitrogens with one attached hydrogen (secondary N) is 1. The van der Waals surface area contributed by atoms with Gasteiger partial charge in [0.05, 0.1) is 5.56 Å². The van der Waals surface area contributed by atoms with Gasteiger partial charge < -0.3 is 19.7 Å². The van der Waals surface area contributed by atoms with Gasteiger partial charge in [-0.05, 0) is 52.3 Å². The van der Waals surface area contributed by atoms with E-state index in [1.54, 1.807) is 24.0 Å². The molecule has 2 aliphatic rings. The quantitative estimate of drug-likeness (QED) is 0.568. The summed E-state index contributed by atoms with van der Waals surface area (Å²) in [5.74, 6) is -0.729. The van der Waals surface area contributed by atoms with E-state index in [2.05, 4.69) is 10.2 Å². The number of carbonyl (C=O) groups excluding carboxylic acids is 3. The van der Waals surface area contributed by atoms with Gasteiger partial charge in [-0.15, -0.1) is 0 Å². The minimum atomic E-state index is -1.19. The second kappa shape index (κ2) is 9.26. The topological polar surface area (TPSA) is 88.2 Å². The normalized spacial score (nSPS) is 21.8. The third-order valence-electron chi connectivity index (χ3n) is 5.52. The van der Waals surface area contributed by atoms with Crippen LogP contribution in [0, 0.1) is 0 Å². The molecule has 0 bridgehead atoms. The van der Waals surface area contributed by atoms with Crippen molar-refractivity contribution >= 4 is 18.0 Å². The number of carbonyl (C=O) groups is 3. The van der Waals surface area contributed by atoms with Gasteiger partial charge in [-0.25, -0.2) is 9.59 Å². The van der Waals surface area contributed by atoms with Gasteiger partial charge in [-0.2, -0.15) is 0 Å². The van der Waals surface area contributed by atoms with E-state index in [4.69, 9.17) is 9.47 Å². The van der Waals surface area contributed by atoms with Crippen molar-refractivity contribution in [3.05, 3.63) is 35.4 Å². The molecule has 3 rings (SSSR count). The van der Waals surface area contributed by atoms with Crippen LogP contribution in [0.4, 0.5) is 4.79 Å². The molecule has 31 heavy (non-hydrogen) atoms. The summed E-state index contributed by atoms with van der Waals surface area (Å²) in [5, 5.41) is 2.91. The Bertz CT molecular complexity index is 827. The lowest BCUT2D eigenvalue weighted by molar-refractivity contribution is -0.139. The van der Waals surface area contributed by atoms with E-state index in [9.17, 15) is 14.4 Å². The highest BCUT2D eigenvalue weighted by Crippen LogP contribution is 2.28. The van der Waals surface area contributed by atoms with Crippen LogP contribution < -0.4 is 5.32 Å². The fraction of sp³-hybridized carbons (Fsp3) is 0.609. The van der Waals surface area contributed by atoms with Gasteiger partial charge in [0.2, 0.25) is 0 Å². The minimum Gasteiger partial charge on any atom is -0.445 e. The molecule has 0 aromatic heterocycles. The summed E-state index contributed by atoms with van der Waals surface area (Å²) < 4.78 is 10.9. The van der Waals surface area contributed by atoms with E-state index in [1.807, 2.05) is 32.9 Å². The molecule has 2 heterocycles. The van der Waals surface area contributed by atoms with Gasteiger partial charge in [-0.1, -0.05) is 18.2 Å². The monoisotopic (exact) mass is 431 g/mol. The summed E-state index contributed by atoms with van der Waals surface area (Å²) in [6, 6.07) is 7.23. The Morgan fingerprint density at radius 1 is 1.16 bits per heavy atom. The molecule has 0 spiro atoms. The third-order valence-corrected chi connectivity index (χ3v) is 5.52. The fourth-order valence-corrected chi connectivity index (χ4v) is 3.83. The van der Waals surface area contributed by atoms with Crippen molar-refractivity contribution in [3.63, 3.8) is 0 Å². The van der Waals surface area contributed by atoms with Gasteiger partial charge in [-0.3, -0.25) is 9.69 Å². The number of benzene rings is 1. The van der Waals surface area contributed by atoms with Crippen molar-refractivity contribution in [1.82, 2.24) is 15.1 Å². The first kappa shape index (κ1) is 23.1. The van der Waals surface area contributed by atoms with Crippen LogP contribution in [-0.4, -0.2) is 78.2 Å². The number of hydrogen-bond acceptors (Lipinski definition) is 6. The lowest BCUT2D eigenvalue weighted by atomic mass is 9.89. The predicted octanol–water partition coefficient (Wildman–Crippen LogP) is 2.22. The maximum atomic E-state index is 12.7. The number of amides is 2. The Labute approximate surface area is 183 Å². The van der Waals surface area contributed by atoms with Gasteiger partial charge in [0.1, 0.15) is 5.60 Å². The lowest BCUT2D eigenvalue weighted by Crippen LogP contribution is -2.52. The van der Waals surface area contributed by atoms with Crippen molar-refractivity contribution in [2.75, 3.05) is 39.3 Å². The average molecular weight is 432 g/mol. The first-order valence-corrected chi connectivity index (χ1v) is 10.9. The van der Waals surface area contributed by atoms with Crippen molar-refractivity contribution in [1.29, 1.82) is 0 Å². The number of cyclic esters (lactones) is 1. The summed E-state index contributed by atoms with van der Waals surface area (Å²) in [6.45, 7) is 11.4. The molecular weight excluding hydrogens is 398 g/mol. The van der Waals surface area contributed by atoms with Crippen LogP contribution in [0.5, 0.6) is 0 Å². The van der Waals surface area contributed by atoms with Crippen molar-refractivity contribution < 1.29 is 23.9 Å². The van der Waals surface area contributed by atoms with E-state index < -0.39 is 17.2 Å². The van der Waals surface area contributed by atoms with E-state index in [1.165, 1.54) is 0 Å². The molecule has 8 heteroatoms.